The van der Waals surface area contributed by atoms with Crippen LogP contribution in [0, 0.1) is 0 Å². The molecule has 10 rings (SSSR count). The molecule has 0 bridgehead atoms. The number of furan rings is 2. The Labute approximate surface area is 308 Å². The fourth-order valence-electron chi connectivity index (χ4n) is 8.51. The molecule has 6 aromatic carbocycles. The third-order valence-electron chi connectivity index (χ3n) is 11.3. The molecule has 0 N–H and O–H groups in total. The van der Waals surface area contributed by atoms with Crippen LogP contribution in [0.2, 0.25) is 0 Å². The van der Waals surface area contributed by atoms with Crippen molar-refractivity contribution in [3.8, 4) is 0 Å². The predicted molar refractivity (Wildman–Crippen MR) is 225 cm³/mol. The fourth-order valence-corrected chi connectivity index (χ4v) is 8.51. The summed E-state index contributed by atoms with van der Waals surface area (Å²) in [5, 5.41) is 8.78. The Bertz CT molecular complexity index is 3140. The zero-order valence-electron chi connectivity index (χ0n) is 31.4. The summed E-state index contributed by atoms with van der Waals surface area (Å²) in [6, 6.07) is 40.1. The summed E-state index contributed by atoms with van der Waals surface area (Å²) in [5.74, 6) is 0. The average Bonchev–Trinajstić information content (AvgIpc) is 3.87. The van der Waals surface area contributed by atoms with Crippen LogP contribution in [-0.2, 0) is 10.8 Å². The van der Waals surface area contributed by atoms with Gasteiger partial charge in [0.2, 0.25) is 0 Å². The molecule has 0 atom stereocenters. The Morgan fingerprint density at radius 1 is 0.528 bits per heavy atom. The van der Waals surface area contributed by atoms with E-state index in [4.69, 9.17) is 8.83 Å². The van der Waals surface area contributed by atoms with Gasteiger partial charge in [-0.25, -0.2) is 0 Å². The van der Waals surface area contributed by atoms with Crippen molar-refractivity contribution in [3.05, 3.63) is 131 Å². The van der Waals surface area contributed by atoms with Gasteiger partial charge in [0.05, 0.1) is 16.6 Å². The van der Waals surface area contributed by atoms with E-state index < -0.39 is 0 Å². The molecule has 260 valence electrons. The van der Waals surface area contributed by atoms with Gasteiger partial charge in [-0.2, -0.15) is 0 Å². The quantitative estimate of drug-likeness (QED) is 0.185. The number of hydrogen-bond donors (Lipinski definition) is 0. The van der Waals surface area contributed by atoms with Crippen LogP contribution in [0.5, 0.6) is 0 Å². The maximum Gasteiger partial charge on any atom is 0.160 e. The lowest BCUT2D eigenvalue weighted by Gasteiger charge is -2.28. The first-order chi connectivity index (χ1) is 25.4. The molecule has 10 aromatic rings. The van der Waals surface area contributed by atoms with Crippen LogP contribution in [0.25, 0.3) is 83.7 Å². The van der Waals surface area contributed by atoms with E-state index in [-0.39, 0.29) is 10.8 Å². The Balaban J connectivity index is 1.35. The van der Waals surface area contributed by atoms with Crippen molar-refractivity contribution in [1.29, 1.82) is 0 Å². The van der Waals surface area contributed by atoms with Gasteiger partial charge in [0, 0.05) is 60.0 Å². The monoisotopic (exact) mass is 690 g/mol. The smallest absolute Gasteiger partial charge is 0.160 e. The van der Waals surface area contributed by atoms with Gasteiger partial charge in [-0.1, -0.05) is 103 Å². The summed E-state index contributed by atoms with van der Waals surface area (Å²) in [4.78, 5) is 2.40. The minimum atomic E-state index is 0.0521. The largest absolute Gasteiger partial charge is 0.454 e. The molecular formula is C49H42N2O2. The lowest BCUT2D eigenvalue weighted by molar-refractivity contribution is 0.577. The van der Waals surface area contributed by atoms with Crippen LogP contribution < -0.4 is 15.5 Å². The average molecular weight is 691 g/mol. The zero-order chi connectivity index (χ0) is 36.6. The number of anilines is 3. The minimum absolute atomic E-state index is 0.0521. The number of para-hydroxylation sites is 1. The van der Waals surface area contributed by atoms with Crippen LogP contribution in [0.15, 0.2) is 118 Å². The predicted octanol–water partition coefficient (Wildman–Crippen LogP) is 12.8. The maximum absolute atomic E-state index is 6.75. The molecule has 0 aliphatic rings. The third-order valence-corrected chi connectivity index (χ3v) is 11.3. The molecule has 0 spiro atoms. The zero-order valence-corrected chi connectivity index (χ0v) is 31.4. The minimum Gasteiger partial charge on any atom is -0.454 e. The van der Waals surface area contributed by atoms with E-state index in [0.29, 0.717) is 0 Å². The molecule has 53 heavy (non-hydrogen) atoms. The SMILES string of the molecule is C=c1/c(=C\C)oc2c1ccc1c3cc(N(c4ccc(C(C)(C)C)cc4)c4ccc(C(C)(C)C)cc4)cc4c5ccc6c7ccccc7oc6c5n(c34)c12. The molecule has 0 aliphatic heterocycles. The normalized spacial score (nSPS) is 13.4. The summed E-state index contributed by atoms with van der Waals surface area (Å²) >= 11 is 0. The second-order valence-electron chi connectivity index (χ2n) is 16.7. The van der Waals surface area contributed by atoms with E-state index in [2.05, 4.69) is 161 Å². The second-order valence-corrected chi connectivity index (χ2v) is 16.7. The molecule has 4 aromatic heterocycles. The van der Waals surface area contributed by atoms with E-state index in [1.54, 1.807) is 0 Å². The lowest BCUT2D eigenvalue weighted by Crippen LogP contribution is -2.16. The fraction of sp³-hybridized carbons (Fsp3) is 0.184. The van der Waals surface area contributed by atoms with E-state index in [1.165, 1.54) is 21.9 Å². The van der Waals surface area contributed by atoms with Crippen molar-refractivity contribution < 1.29 is 8.83 Å². The first kappa shape index (κ1) is 31.7. The van der Waals surface area contributed by atoms with E-state index in [9.17, 15) is 0 Å². The van der Waals surface area contributed by atoms with Crippen LogP contribution >= 0.6 is 0 Å². The molecular weight excluding hydrogens is 649 g/mol. The van der Waals surface area contributed by atoms with Gasteiger partial charge in [0.15, 0.2) is 11.2 Å². The summed E-state index contributed by atoms with van der Waals surface area (Å²) in [6.07, 6.45) is 2.00. The summed E-state index contributed by atoms with van der Waals surface area (Å²) in [6.45, 7) is 20.0. The summed E-state index contributed by atoms with van der Waals surface area (Å²) in [7, 11) is 0. The van der Waals surface area contributed by atoms with Gasteiger partial charge in [0.25, 0.3) is 0 Å². The topological polar surface area (TPSA) is 33.9 Å². The molecule has 4 heteroatoms. The van der Waals surface area contributed by atoms with Gasteiger partial charge in [-0.15, -0.1) is 0 Å². The highest BCUT2D eigenvalue weighted by atomic mass is 16.3. The first-order valence-electron chi connectivity index (χ1n) is 18.6. The molecule has 0 fully saturated rings. The van der Waals surface area contributed by atoms with Gasteiger partial charge in [-0.3, -0.25) is 0 Å². The van der Waals surface area contributed by atoms with Crippen LogP contribution in [-0.4, -0.2) is 4.40 Å². The third kappa shape index (κ3) is 4.48. The Kier molecular flexibility index (Phi) is 6.44. The molecule has 0 saturated carbocycles. The maximum atomic E-state index is 6.75. The van der Waals surface area contributed by atoms with Crippen molar-refractivity contribution in [3.63, 3.8) is 0 Å². The first-order valence-corrected chi connectivity index (χ1v) is 18.6. The summed E-state index contributed by atoms with van der Waals surface area (Å²) in [5.41, 5.74) is 12.7. The molecule has 0 saturated heterocycles. The van der Waals surface area contributed by atoms with Gasteiger partial charge in [0.1, 0.15) is 11.0 Å². The number of aromatic nitrogens is 1. The van der Waals surface area contributed by atoms with Crippen LogP contribution in [0.4, 0.5) is 17.1 Å². The highest BCUT2D eigenvalue weighted by Crippen LogP contribution is 2.48. The van der Waals surface area contributed by atoms with E-state index in [0.717, 1.165) is 87.9 Å². The molecule has 0 radical (unpaired) electrons. The van der Waals surface area contributed by atoms with Crippen molar-refractivity contribution in [2.24, 2.45) is 0 Å². The second kappa shape index (κ2) is 10.8. The van der Waals surface area contributed by atoms with Crippen molar-refractivity contribution in [2.45, 2.75) is 59.3 Å². The number of benzene rings is 6. The number of nitrogens with zero attached hydrogens (tertiary/aromatic N) is 2. The van der Waals surface area contributed by atoms with E-state index in [1.807, 2.05) is 19.1 Å². The number of rotatable bonds is 3. The highest BCUT2D eigenvalue weighted by Gasteiger charge is 2.27. The standard InChI is InChI=1S/C49H42N2O2/c1-9-41-28(2)34-22-23-36-39-26-33(50(31-18-14-29(15-19-31)48(3,4)5)32-20-16-30(17-21-32)49(6,7)8)27-40-37-24-25-38-35-12-10-11-13-42(35)53-47(38)45(37)51(43(39)40)44(36)46(34)52-41/h9-27H,2H2,1,3-8H3/b41-9+. The lowest BCUT2D eigenvalue weighted by atomic mass is 9.86. The Hall–Kier alpha value is -6.00. The van der Waals surface area contributed by atoms with Crippen LogP contribution in [0.1, 0.15) is 59.6 Å². The number of fused-ring (bicyclic) bond motifs is 12. The van der Waals surface area contributed by atoms with Gasteiger partial charge < -0.3 is 18.1 Å². The molecule has 0 aliphatic carbocycles. The van der Waals surface area contributed by atoms with Crippen molar-refractivity contribution >= 4 is 101 Å². The molecule has 0 unspecified atom stereocenters. The van der Waals surface area contributed by atoms with E-state index >= 15 is 0 Å². The molecule has 4 heterocycles. The molecule has 0 amide bonds. The highest BCUT2D eigenvalue weighted by molar-refractivity contribution is 6.31. The van der Waals surface area contributed by atoms with Gasteiger partial charge >= 0.3 is 0 Å². The van der Waals surface area contributed by atoms with Crippen molar-refractivity contribution in [1.82, 2.24) is 4.40 Å². The van der Waals surface area contributed by atoms with Crippen LogP contribution in [0.3, 0.4) is 0 Å². The summed E-state index contributed by atoms with van der Waals surface area (Å²) < 4.78 is 15.8. The van der Waals surface area contributed by atoms with Crippen molar-refractivity contribution in [2.75, 3.05) is 4.90 Å². The number of hydrogen-bond acceptors (Lipinski definition) is 3. The Morgan fingerprint density at radius 2 is 1.04 bits per heavy atom. The van der Waals surface area contributed by atoms with Gasteiger partial charge in [-0.05, 0) is 89.6 Å². The molecule has 4 nitrogen and oxygen atoms in total. The Morgan fingerprint density at radius 3 is 1.58 bits per heavy atom.